The van der Waals surface area contributed by atoms with Crippen molar-refractivity contribution in [2.45, 2.75) is 0 Å². The molecule has 0 aliphatic carbocycles. The zero-order valence-corrected chi connectivity index (χ0v) is 3.80. The zero-order valence-electron chi connectivity index (χ0n) is 3.80. The number of imide groups is 1. The molecule has 4 nitrogen and oxygen atoms in total. The quantitative estimate of drug-likeness (QED) is 0.455. The molecule has 0 aromatic rings. The molecule has 0 aliphatic heterocycles. The minimum Gasteiger partial charge on any atom is -0.453 e. The van der Waals surface area contributed by atoms with E-state index in [9.17, 15) is 9.59 Å². The van der Waals surface area contributed by atoms with Crippen LogP contribution in [-0.2, 0) is 9.53 Å². The summed E-state index contributed by atoms with van der Waals surface area (Å²) in [6.07, 6.45) is -0.485. The summed E-state index contributed by atoms with van der Waals surface area (Å²) in [5, 5.41) is 1.75. The Bertz CT molecular complexity index is 80.2. The van der Waals surface area contributed by atoms with Crippen LogP contribution in [0.4, 0.5) is 4.79 Å². The first-order valence-electron chi connectivity index (χ1n) is 1.59. The fourth-order valence-electron chi connectivity index (χ4n) is 0.107. The van der Waals surface area contributed by atoms with Crippen LogP contribution in [0.1, 0.15) is 0 Å². The van der Waals surface area contributed by atoms with E-state index in [-0.39, 0.29) is 6.41 Å². The van der Waals surface area contributed by atoms with Gasteiger partial charge in [0, 0.05) is 0 Å². The fourth-order valence-corrected chi connectivity index (χ4v) is 0.107. The van der Waals surface area contributed by atoms with Crippen molar-refractivity contribution in [1.82, 2.24) is 5.32 Å². The number of amides is 2. The van der Waals surface area contributed by atoms with Gasteiger partial charge >= 0.3 is 6.09 Å². The number of alkyl carbamates (subject to hydrolysis) is 1. The van der Waals surface area contributed by atoms with Crippen molar-refractivity contribution in [2.24, 2.45) is 0 Å². The molecule has 0 bridgehead atoms. The van der Waals surface area contributed by atoms with Crippen molar-refractivity contribution < 1.29 is 14.3 Å². The average molecular weight is 103 g/mol. The minimum absolute atomic E-state index is 0.256. The Morgan fingerprint density at radius 3 is 2.57 bits per heavy atom. The SMILES string of the molecule is COC(=O)NC=O. The Hall–Kier alpha value is -1.06. The number of hydrogen-bond donors (Lipinski definition) is 1. The highest BCUT2D eigenvalue weighted by Gasteiger charge is 1.89. The first-order chi connectivity index (χ1) is 3.31. The summed E-state index contributed by atoms with van der Waals surface area (Å²) in [4.78, 5) is 19.2. The smallest absolute Gasteiger partial charge is 0.413 e. The number of carbonyl (C=O) groups excluding carboxylic acids is 2. The van der Waals surface area contributed by atoms with Crippen LogP contribution in [0.25, 0.3) is 0 Å². The molecule has 4 heteroatoms. The van der Waals surface area contributed by atoms with Gasteiger partial charge in [0.25, 0.3) is 0 Å². The number of rotatable bonds is 1. The van der Waals surface area contributed by atoms with Gasteiger partial charge in [-0.25, -0.2) is 4.79 Å². The molecule has 1 N–H and O–H groups in total. The van der Waals surface area contributed by atoms with Crippen molar-refractivity contribution in [3.05, 3.63) is 0 Å². The Balaban J connectivity index is 3.17. The molecule has 0 heterocycles. The average Bonchev–Trinajstić information content (AvgIpc) is 1.68. The number of methoxy groups -OCH3 is 1. The van der Waals surface area contributed by atoms with Crippen molar-refractivity contribution in [3.63, 3.8) is 0 Å². The molecule has 7 heavy (non-hydrogen) atoms. The second kappa shape index (κ2) is 3.14. The van der Waals surface area contributed by atoms with Crippen molar-refractivity contribution in [2.75, 3.05) is 7.11 Å². The second-order valence-electron chi connectivity index (χ2n) is 0.754. The van der Waals surface area contributed by atoms with E-state index in [4.69, 9.17) is 0 Å². The molecule has 0 aliphatic rings. The molecular formula is C3H5NO3. The van der Waals surface area contributed by atoms with Gasteiger partial charge in [0.2, 0.25) is 6.41 Å². The van der Waals surface area contributed by atoms with Crippen LogP contribution in [0.2, 0.25) is 0 Å². The normalized spacial score (nSPS) is 7.00. The third kappa shape index (κ3) is 2.75. The van der Waals surface area contributed by atoms with Gasteiger partial charge in [-0.15, -0.1) is 0 Å². The summed E-state index contributed by atoms with van der Waals surface area (Å²) in [7, 11) is 1.18. The first kappa shape index (κ1) is 5.94. The summed E-state index contributed by atoms with van der Waals surface area (Å²) in [5.41, 5.74) is 0. The van der Waals surface area contributed by atoms with Crippen molar-refractivity contribution in [3.8, 4) is 0 Å². The second-order valence-corrected chi connectivity index (χ2v) is 0.754. The number of ether oxygens (including phenoxy) is 1. The van der Waals surface area contributed by atoms with Crippen LogP contribution in [0.15, 0.2) is 0 Å². The van der Waals surface area contributed by atoms with Gasteiger partial charge in [0.15, 0.2) is 0 Å². The Morgan fingerprint density at radius 2 is 2.43 bits per heavy atom. The summed E-state index contributed by atoms with van der Waals surface area (Å²) in [5.74, 6) is 0. The highest BCUT2D eigenvalue weighted by Crippen LogP contribution is 1.62. The van der Waals surface area contributed by atoms with E-state index in [2.05, 4.69) is 4.74 Å². The van der Waals surface area contributed by atoms with Crippen molar-refractivity contribution >= 4 is 12.5 Å². The number of nitrogens with one attached hydrogen (secondary N) is 1. The minimum atomic E-state index is -0.741. The van der Waals surface area contributed by atoms with Gasteiger partial charge in [0.05, 0.1) is 7.11 Å². The maximum absolute atomic E-state index is 9.85. The molecule has 0 atom stereocenters. The summed E-state index contributed by atoms with van der Waals surface area (Å²) in [6.45, 7) is 0. The lowest BCUT2D eigenvalue weighted by atomic mass is 11.1. The molecule has 0 saturated carbocycles. The van der Waals surface area contributed by atoms with Gasteiger partial charge < -0.3 is 4.74 Å². The van der Waals surface area contributed by atoms with Crippen LogP contribution < -0.4 is 5.32 Å². The molecule has 0 spiro atoms. The highest BCUT2D eigenvalue weighted by molar-refractivity contribution is 5.79. The predicted molar refractivity (Wildman–Crippen MR) is 21.6 cm³/mol. The van der Waals surface area contributed by atoms with Crippen LogP contribution in [-0.4, -0.2) is 19.6 Å². The van der Waals surface area contributed by atoms with Gasteiger partial charge in [0.1, 0.15) is 0 Å². The molecule has 0 rings (SSSR count). The lowest BCUT2D eigenvalue weighted by Gasteiger charge is -1.89. The van der Waals surface area contributed by atoms with Gasteiger partial charge in [-0.3, -0.25) is 10.1 Å². The van der Waals surface area contributed by atoms with Crippen LogP contribution in [0, 0.1) is 0 Å². The number of hydrogen-bond acceptors (Lipinski definition) is 3. The van der Waals surface area contributed by atoms with Gasteiger partial charge in [-0.05, 0) is 0 Å². The number of carbonyl (C=O) groups is 2. The van der Waals surface area contributed by atoms with E-state index < -0.39 is 6.09 Å². The molecule has 0 unspecified atom stereocenters. The summed E-state index contributed by atoms with van der Waals surface area (Å²) < 4.78 is 4.01. The van der Waals surface area contributed by atoms with Gasteiger partial charge in [-0.1, -0.05) is 0 Å². The summed E-state index contributed by atoms with van der Waals surface area (Å²) >= 11 is 0. The molecule has 2 amide bonds. The zero-order chi connectivity index (χ0) is 5.70. The lowest BCUT2D eigenvalue weighted by molar-refractivity contribution is -0.108. The molecule has 0 fully saturated rings. The van der Waals surface area contributed by atoms with Crippen molar-refractivity contribution in [1.29, 1.82) is 0 Å². The fraction of sp³-hybridized carbons (Fsp3) is 0.333. The lowest BCUT2D eigenvalue weighted by Crippen LogP contribution is -2.20. The van der Waals surface area contributed by atoms with Crippen LogP contribution in [0.5, 0.6) is 0 Å². The highest BCUT2D eigenvalue weighted by atomic mass is 16.5. The summed E-state index contributed by atoms with van der Waals surface area (Å²) in [6, 6.07) is 0. The molecule has 0 radical (unpaired) electrons. The molecule has 0 aromatic heterocycles. The van der Waals surface area contributed by atoms with E-state index in [0.29, 0.717) is 0 Å². The maximum atomic E-state index is 9.85. The monoisotopic (exact) mass is 103 g/mol. The van der Waals surface area contributed by atoms with Crippen LogP contribution in [0.3, 0.4) is 0 Å². The van der Waals surface area contributed by atoms with Gasteiger partial charge in [-0.2, -0.15) is 0 Å². The van der Waals surface area contributed by atoms with E-state index in [1.165, 1.54) is 7.11 Å². The van der Waals surface area contributed by atoms with E-state index in [0.717, 1.165) is 0 Å². The van der Waals surface area contributed by atoms with E-state index in [1.807, 2.05) is 0 Å². The third-order valence-corrected chi connectivity index (χ3v) is 0.362. The standard InChI is InChI=1S/C3H5NO3/c1-7-3(6)4-2-5/h2H,1H3,(H,4,5,6). The molecule has 40 valence electrons. The Kier molecular flexibility index (Phi) is 2.67. The first-order valence-corrected chi connectivity index (χ1v) is 1.59. The largest absolute Gasteiger partial charge is 0.453 e. The molecule has 0 saturated heterocycles. The maximum Gasteiger partial charge on any atom is 0.413 e. The molecular weight excluding hydrogens is 98.0 g/mol. The van der Waals surface area contributed by atoms with Crippen LogP contribution >= 0.6 is 0 Å². The molecule has 0 aromatic carbocycles. The third-order valence-electron chi connectivity index (χ3n) is 0.362. The predicted octanol–water partition coefficient (Wildman–Crippen LogP) is -0.501. The van der Waals surface area contributed by atoms with E-state index in [1.54, 1.807) is 5.32 Å². The Morgan fingerprint density at radius 1 is 1.86 bits per heavy atom. The topological polar surface area (TPSA) is 55.4 Å². The van der Waals surface area contributed by atoms with E-state index >= 15 is 0 Å². The Labute approximate surface area is 40.5 Å².